The Hall–Kier alpha value is -1.62. The average Bonchev–Trinajstić information content (AvgIpc) is 2.70. The topological polar surface area (TPSA) is 79.6 Å². The van der Waals surface area contributed by atoms with Crippen molar-refractivity contribution in [3.05, 3.63) is 18.0 Å². The van der Waals surface area contributed by atoms with Gasteiger partial charge in [0, 0.05) is 0 Å². The standard InChI is InChI=1S/C13H19N5/c1-13(2)6-3-7-15-10(13)12-16-8-4-5-9(14)17-11(8)18-12/h4-5,10,15H,3,6-7H2,1-2H3,(H3,14,16,17,18). The van der Waals surface area contributed by atoms with Gasteiger partial charge < -0.3 is 16.0 Å². The van der Waals surface area contributed by atoms with Crippen molar-refractivity contribution in [3.63, 3.8) is 0 Å². The van der Waals surface area contributed by atoms with Crippen LogP contribution in [0.4, 0.5) is 5.82 Å². The number of pyridine rings is 1. The first-order valence-electron chi connectivity index (χ1n) is 6.42. The fourth-order valence-electron chi connectivity index (χ4n) is 2.74. The maximum Gasteiger partial charge on any atom is 0.179 e. The highest BCUT2D eigenvalue weighted by Gasteiger charge is 2.35. The van der Waals surface area contributed by atoms with Crippen LogP contribution in [-0.2, 0) is 0 Å². The van der Waals surface area contributed by atoms with Crippen molar-refractivity contribution in [3.8, 4) is 0 Å². The summed E-state index contributed by atoms with van der Waals surface area (Å²) in [4.78, 5) is 12.2. The molecule has 96 valence electrons. The molecule has 2 aromatic heterocycles. The number of hydrogen-bond donors (Lipinski definition) is 3. The van der Waals surface area contributed by atoms with Gasteiger partial charge in [-0.25, -0.2) is 9.97 Å². The van der Waals surface area contributed by atoms with Crippen molar-refractivity contribution in [2.24, 2.45) is 5.41 Å². The van der Waals surface area contributed by atoms with E-state index in [1.807, 2.05) is 6.07 Å². The lowest BCUT2D eigenvalue weighted by atomic mass is 9.77. The number of hydrogen-bond acceptors (Lipinski definition) is 4. The van der Waals surface area contributed by atoms with Crippen molar-refractivity contribution in [1.82, 2.24) is 20.3 Å². The Morgan fingerprint density at radius 1 is 1.33 bits per heavy atom. The van der Waals surface area contributed by atoms with Gasteiger partial charge in [-0.3, -0.25) is 0 Å². The molecular weight excluding hydrogens is 226 g/mol. The fraction of sp³-hybridized carbons (Fsp3) is 0.538. The molecule has 0 aromatic carbocycles. The SMILES string of the molecule is CC1(C)CCCNC1c1nc2nc(N)ccc2[nH]1. The first-order valence-corrected chi connectivity index (χ1v) is 6.42. The minimum Gasteiger partial charge on any atom is -0.384 e. The summed E-state index contributed by atoms with van der Waals surface area (Å²) >= 11 is 0. The summed E-state index contributed by atoms with van der Waals surface area (Å²) in [5.41, 5.74) is 7.54. The van der Waals surface area contributed by atoms with Gasteiger partial charge in [0.05, 0.1) is 11.6 Å². The average molecular weight is 245 g/mol. The lowest BCUT2D eigenvalue weighted by Gasteiger charge is -2.38. The van der Waals surface area contributed by atoms with Crippen LogP contribution in [-0.4, -0.2) is 21.5 Å². The summed E-state index contributed by atoms with van der Waals surface area (Å²) in [5, 5.41) is 3.55. The molecule has 1 fully saturated rings. The minimum atomic E-state index is 0.206. The number of imidazole rings is 1. The number of nitrogens with two attached hydrogens (primary N) is 1. The van der Waals surface area contributed by atoms with Crippen LogP contribution in [0.15, 0.2) is 12.1 Å². The second-order valence-corrected chi connectivity index (χ2v) is 5.71. The molecule has 5 heteroatoms. The zero-order chi connectivity index (χ0) is 12.8. The Labute approximate surface area is 106 Å². The maximum atomic E-state index is 5.68. The third-order valence-corrected chi connectivity index (χ3v) is 3.79. The number of anilines is 1. The molecule has 0 saturated carbocycles. The van der Waals surface area contributed by atoms with Crippen LogP contribution < -0.4 is 11.1 Å². The largest absolute Gasteiger partial charge is 0.384 e. The third kappa shape index (κ3) is 1.84. The lowest BCUT2D eigenvalue weighted by Crippen LogP contribution is -2.40. The fourth-order valence-corrected chi connectivity index (χ4v) is 2.74. The summed E-state index contributed by atoms with van der Waals surface area (Å²) < 4.78 is 0. The van der Waals surface area contributed by atoms with E-state index in [-0.39, 0.29) is 11.5 Å². The molecule has 0 spiro atoms. The van der Waals surface area contributed by atoms with E-state index in [0.717, 1.165) is 17.9 Å². The van der Waals surface area contributed by atoms with Gasteiger partial charge in [0.25, 0.3) is 0 Å². The number of piperidine rings is 1. The van der Waals surface area contributed by atoms with Gasteiger partial charge in [0.1, 0.15) is 11.6 Å². The van der Waals surface area contributed by atoms with Crippen LogP contribution in [0.2, 0.25) is 0 Å². The summed E-state index contributed by atoms with van der Waals surface area (Å²) in [6, 6.07) is 3.98. The van der Waals surface area contributed by atoms with E-state index in [1.165, 1.54) is 12.8 Å². The molecule has 0 amide bonds. The van der Waals surface area contributed by atoms with Gasteiger partial charge >= 0.3 is 0 Å². The quantitative estimate of drug-likeness (QED) is 0.718. The Morgan fingerprint density at radius 3 is 2.94 bits per heavy atom. The number of H-pyrrole nitrogens is 1. The van der Waals surface area contributed by atoms with Crippen molar-refractivity contribution in [1.29, 1.82) is 0 Å². The predicted molar refractivity (Wildman–Crippen MR) is 72.1 cm³/mol. The molecule has 1 atom stereocenters. The van der Waals surface area contributed by atoms with E-state index in [2.05, 4.69) is 34.1 Å². The number of nitrogens with zero attached hydrogens (tertiary/aromatic N) is 2. The van der Waals surface area contributed by atoms with Crippen LogP contribution >= 0.6 is 0 Å². The smallest absolute Gasteiger partial charge is 0.179 e. The predicted octanol–water partition coefficient (Wildman–Crippen LogP) is 1.99. The number of nitrogens with one attached hydrogen (secondary N) is 2. The van der Waals surface area contributed by atoms with E-state index in [4.69, 9.17) is 5.73 Å². The Balaban J connectivity index is 2.03. The van der Waals surface area contributed by atoms with Crippen LogP contribution in [0.3, 0.4) is 0 Å². The highest BCUT2D eigenvalue weighted by atomic mass is 15.1. The minimum absolute atomic E-state index is 0.206. The molecule has 18 heavy (non-hydrogen) atoms. The molecule has 0 radical (unpaired) electrons. The molecular formula is C13H19N5. The first-order chi connectivity index (χ1) is 8.56. The van der Waals surface area contributed by atoms with Crippen molar-refractivity contribution < 1.29 is 0 Å². The first kappa shape index (κ1) is 11.5. The summed E-state index contributed by atoms with van der Waals surface area (Å²) in [5.74, 6) is 1.48. The third-order valence-electron chi connectivity index (χ3n) is 3.79. The van der Waals surface area contributed by atoms with Crippen molar-refractivity contribution >= 4 is 17.0 Å². The van der Waals surface area contributed by atoms with E-state index >= 15 is 0 Å². The number of rotatable bonds is 1. The highest BCUT2D eigenvalue weighted by Crippen LogP contribution is 2.39. The zero-order valence-electron chi connectivity index (χ0n) is 10.8. The summed E-state index contributed by atoms with van der Waals surface area (Å²) in [6.45, 7) is 5.60. The van der Waals surface area contributed by atoms with Gasteiger partial charge in [-0.05, 0) is 36.9 Å². The molecule has 2 aromatic rings. The summed E-state index contributed by atoms with van der Waals surface area (Å²) in [7, 11) is 0. The second-order valence-electron chi connectivity index (χ2n) is 5.71. The van der Waals surface area contributed by atoms with Crippen molar-refractivity contribution in [2.75, 3.05) is 12.3 Å². The molecule has 1 saturated heterocycles. The maximum absolute atomic E-state index is 5.68. The number of fused-ring (bicyclic) bond motifs is 1. The molecule has 3 rings (SSSR count). The van der Waals surface area contributed by atoms with Gasteiger partial charge in [-0.1, -0.05) is 13.8 Å². The van der Waals surface area contributed by atoms with Crippen LogP contribution in [0.25, 0.3) is 11.2 Å². The number of aromatic amines is 1. The number of aromatic nitrogens is 3. The molecule has 1 aliphatic heterocycles. The monoisotopic (exact) mass is 245 g/mol. The molecule has 1 unspecified atom stereocenters. The van der Waals surface area contributed by atoms with Gasteiger partial charge in [-0.2, -0.15) is 0 Å². The molecule has 5 nitrogen and oxygen atoms in total. The van der Waals surface area contributed by atoms with Crippen LogP contribution in [0.1, 0.15) is 38.6 Å². The molecule has 1 aliphatic rings. The normalized spacial score (nSPS) is 23.3. The lowest BCUT2D eigenvalue weighted by molar-refractivity contribution is 0.175. The Morgan fingerprint density at radius 2 is 2.17 bits per heavy atom. The van der Waals surface area contributed by atoms with Crippen molar-refractivity contribution in [2.45, 2.75) is 32.7 Å². The molecule has 3 heterocycles. The number of nitrogen functional groups attached to an aromatic ring is 1. The van der Waals surface area contributed by atoms with Gasteiger partial charge in [0.2, 0.25) is 0 Å². The van der Waals surface area contributed by atoms with E-state index in [9.17, 15) is 0 Å². The molecule has 0 bridgehead atoms. The second kappa shape index (κ2) is 3.95. The van der Waals surface area contributed by atoms with Crippen LogP contribution in [0.5, 0.6) is 0 Å². The zero-order valence-corrected chi connectivity index (χ0v) is 10.8. The van der Waals surface area contributed by atoms with E-state index in [1.54, 1.807) is 6.07 Å². The highest BCUT2D eigenvalue weighted by molar-refractivity contribution is 5.72. The van der Waals surface area contributed by atoms with Crippen LogP contribution in [0, 0.1) is 5.41 Å². The van der Waals surface area contributed by atoms with E-state index < -0.39 is 0 Å². The van der Waals surface area contributed by atoms with E-state index in [0.29, 0.717) is 11.5 Å². The Kier molecular flexibility index (Phi) is 2.52. The molecule has 4 N–H and O–H groups in total. The van der Waals surface area contributed by atoms with Gasteiger partial charge in [0.15, 0.2) is 5.65 Å². The van der Waals surface area contributed by atoms with Gasteiger partial charge in [-0.15, -0.1) is 0 Å². The summed E-state index contributed by atoms with van der Waals surface area (Å²) in [6.07, 6.45) is 2.42. The molecule has 0 aliphatic carbocycles. The Bertz CT molecular complexity index is 572.